The molecular formula is C11H12FNO6S. The molecule has 0 radical (unpaired) electrons. The molecule has 0 bridgehead atoms. The van der Waals surface area contributed by atoms with E-state index in [0.717, 1.165) is 26.0 Å². The fourth-order valence-corrected chi connectivity index (χ4v) is 2.59. The zero-order valence-electron chi connectivity index (χ0n) is 10.7. The van der Waals surface area contributed by atoms with Crippen LogP contribution in [0.2, 0.25) is 0 Å². The smallest absolute Gasteiger partial charge is 0.324 e. The number of aliphatic carboxylic acids is 1. The molecule has 9 heteroatoms. The summed E-state index contributed by atoms with van der Waals surface area (Å²) in [4.78, 5) is 20.7. The van der Waals surface area contributed by atoms with E-state index in [1.54, 1.807) is 0 Å². The van der Waals surface area contributed by atoms with E-state index in [1.807, 2.05) is 0 Å². The maximum atomic E-state index is 13.2. The number of rotatable bonds is 5. The lowest BCUT2D eigenvalue weighted by Gasteiger charge is -2.19. The van der Waals surface area contributed by atoms with Crippen LogP contribution in [0.15, 0.2) is 18.2 Å². The molecule has 0 atom stereocenters. The average Bonchev–Trinajstić information content (AvgIpc) is 2.26. The lowest BCUT2D eigenvalue weighted by molar-refractivity contribution is -0.385. The van der Waals surface area contributed by atoms with Crippen LogP contribution in [-0.4, -0.2) is 29.2 Å². The number of halogens is 1. The average molecular weight is 305 g/mol. The van der Waals surface area contributed by atoms with Gasteiger partial charge >= 0.3 is 5.97 Å². The molecule has 7 nitrogen and oxygen atoms in total. The summed E-state index contributed by atoms with van der Waals surface area (Å²) in [5.74, 6) is -3.31. The third-order valence-corrected chi connectivity index (χ3v) is 5.25. The van der Waals surface area contributed by atoms with Crippen LogP contribution in [0.25, 0.3) is 0 Å². The van der Waals surface area contributed by atoms with Gasteiger partial charge in [0.15, 0.2) is 14.6 Å². The molecule has 1 rings (SSSR count). The van der Waals surface area contributed by atoms with E-state index in [4.69, 9.17) is 5.11 Å². The number of nitro benzene ring substituents is 1. The summed E-state index contributed by atoms with van der Waals surface area (Å²) in [5, 5.41) is 19.5. The largest absolute Gasteiger partial charge is 0.480 e. The van der Waals surface area contributed by atoms with E-state index < -0.39 is 42.7 Å². The number of hydrogen-bond acceptors (Lipinski definition) is 5. The summed E-state index contributed by atoms with van der Waals surface area (Å²) >= 11 is 0. The predicted molar refractivity (Wildman–Crippen MR) is 67.4 cm³/mol. The lowest BCUT2D eigenvalue weighted by atomic mass is 10.2. The van der Waals surface area contributed by atoms with Crippen molar-refractivity contribution in [3.63, 3.8) is 0 Å². The minimum atomic E-state index is -4.16. The molecule has 1 aromatic carbocycles. The number of sulfone groups is 1. The van der Waals surface area contributed by atoms with Crippen LogP contribution in [0.1, 0.15) is 19.4 Å². The fourth-order valence-electron chi connectivity index (χ4n) is 1.35. The molecule has 0 aliphatic rings. The van der Waals surface area contributed by atoms with Gasteiger partial charge in [-0.15, -0.1) is 0 Å². The van der Waals surface area contributed by atoms with Crippen LogP contribution in [0.3, 0.4) is 0 Å². The van der Waals surface area contributed by atoms with E-state index in [-0.39, 0.29) is 5.56 Å². The van der Waals surface area contributed by atoms with Crippen LogP contribution < -0.4 is 0 Å². The first-order valence-electron chi connectivity index (χ1n) is 5.37. The standard InChI is InChI=1S/C11H12FNO6S/c1-11(2,10(14)15)20(18,19)6-7-3-8(12)5-9(4-7)13(16)17/h3-5H,6H2,1-2H3,(H,14,15). The predicted octanol–water partition coefficient (Wildman–Crippen LogP) is 1.51. The molecule has 0 aliphatic heterocycles. The second kappa shape index (κ2) is 5.16. The van der Waals surface area contributed by atoms with Crippen molar-refractivity contribution in [3.8, 4) is 0 Å². The SMILES string of the molecule is CC(C)(C(=O)O)S(=O)(=O)Cc1cc(F)cc([N+](=O)[O-])c1. The van der Waals surface area contributed by atoms with Crippen molar-refractivity contribution in [1.29, 1.82) is 0 Å². The molecule has 0 heterocycles. The second-order valence-corrected chi connectivity index (χ2v) is 7.19. The zero-order chi connectivity index (χ0) is 15.7. The molecule has 1 aromatic rings. The van der Waals surface area contributed by atoms with Gasteiger partial charge in [-0.25, -0.2) is 12.8 Å². The molecule has 0 saturated heterocycles. The normalized spacial score (nSPS) is 12.2. The summed E-state index contributed by atoms with van der Waals surface area (Å²) in [6.07, 6.45) is 0. The number of carbonyl (C=O) groups is 1. The Hall–Kier alpha value is -2.03. The number of nitrogens with zero attached hydrogens (tertiary/aromatic N) is 1. The Balaban J connectivity index is 3.23. The van der Waals surface area contributed by atoms with Crippen molar-refractivity contribution in [3.05, 3.63) is 39.7 Å². The van der Waals surface area contributed by atoms with Gasteiger partial charge in [0.1, 0.15) is 5.82 Å². The number of nitro groups is 1. The molecule has 20 heavy (non-hydrogen) atoms. The first-order valence-corrected chi connectivity index (χ1v) is 7.02. The highest BCUT2D eigenvalue weighted by molar-refractivity contribution is 7.92. The van der Waals surface area contributed by atoms with Gasteiger partial charge in [-0.1, -0.05) is 0 Å². The molecule has 0 spiro atoms. The molecule has 0 aliphatic carbocycles. The maximum absolute atomic E-state index is 13.2. The summed E-state index contributed by atoms with van der Waals surface area (Å²) < 4.78 is 35.1. The van der Waals surface area contributed by atoms with Crippen LogP contribution in [-0.2, 0) is 20.4 Å². The van der Waals surface area contributed by atoms with Gasteiger partial charge in [-0.05, 0) is 25.5 Å². The van der Waals surface area contributed by atoms with Crippen molar-refractivity contribution >= 4 is 21.5 Å². The molecule has 0 saturated carbocycles. The maximum Gasteiger partial charge on any atom is 0.324 e. The molecule has 0 unspecified atom stereocenters. The first kappa shape index (κ1) is 16.0. The Morgan fingerprint density at radius 3 is 2.40 bits per heavy atom. The Bertz CT molecular complexity index is 667. The van der Waals surface area contributed by atoms with Gasteiger partial charge in [-0.2, -0.15) is 0 Å². The van der Waals surface area contributed by atoms with E-state index in [1.165, 1.54) is 0 Å². The minimum Gasteiger partial charge on any atom is -0.480 e. The Kier molecular flexibility index (Phi) is 4.13. The lowest BCUT2D eigenvalue weighted by Crippen LogP contribution is -2.41. The summed E-state index contributed by atoms with van der Waals surface area (Å²) in [7, 11) is -4.16. The quantitative estimate of drug-likeness (QED) is 0.651. The molecule has 110 valence electrons. The van der Waals surface area contributed by atoms with Crippen LogP contribution >= 0.6 is 0 Å². The van der Waals surface area contributed by atoms with Gasteiger partial charge in [-0.3, -0.25) is 14.9 Å². The molecule has 0 aromatic heterocycles. The number of hydrogen-bond donors (Lipinski definition) is 1. The zero-order valence-corrected chi connectivity index (χ0v) is 11.5. The van der Waals surface area contributed by atoms with Gasteiger partial charge in [0, 0.05) is 6.07 Å². The Morgan fingerprint density at radius 1 is 1.40 bits per heavy atom. The molecule has 1 N–H and O–H groups in total. The summed E-state index contributed by atoms with van der Waals surface area (Å²) in [6.45, 7) is 2.00. The first-order chi connectivity index (χ1) is 8.97. The van der Waals surface area contributed by atoms with Gasteiger partial charge in [0.25, 0.3) is 5.69 Å². The highest BCUT2D eigenvalue weighted by atomic mass is 32.2. The number of benzene rings is 1. The van der Waals surface area contributed by atoms with E-state index >= 15 is 0 Å². The van der Waals surface area contributed by atoms with Crippen molar-refractivity contribution in [1.82, 2.24) is 0 Å². The van der Waals surface area contributed by atoms with Crippen molar-refractivity contribution in [2.45, 2.75) is 24.3 Å². The molecule has 0 amide bonds. The summed E-state index contributed by atoms with van der Waals surface area (Å²) in [5.41, 5.74) is -0.769. The third kappa shape index (κ3) is 3.10. The second-order valence-electron chi connectivity index (χ2n) is 4.65. The van der Waals surface area contributed by atoms with Crippen LogP contribution in [0.5, 0.6) is 0 Å². The van der Waals surface area contributed by atoms with Crippen LogP contribution in [0, 0.1) is 15.9 Å². The number of non-ortho nitro benzene ring substituents is 1. The highest BCUT2D eigenvalue weighted by Gasteiger charge is 2.41. The van der Waals surface area contributed by atoms with E-state index in [9.17, 15) is 27.7 Å². The van der Waals surface area contributed by atoms with Gasteiger partial charge < -0.3 is 5.11 Å². The van der Waals surface area contributed by atoms with Crippen LogP contribution in [0.4, 0.5) is 10.1 Å². The van der Waals surface area contributed by atoms with E-state index in [2.05, 4.69) is 0 Å². The fraction of sp³-hybridized carbons (Fsp3) is 0.364. The number of carboxylic acid groups (broad SMARTS) is 1. The minimum absolute atomic E-state index is 0.175. The van der Waals surface area contributed by atoms with Gasteiger partial charge in [0.05, 0.1) is 16.7 Å². The third-order valence-electron chi connectivity index (χ3n) is 2.80. The Morgan fingerprint density at radius 2 is 1.95 bits per heavy atom. The Labute approximate surface area is 114 Å². The molecule has 0 fully saturated rings. The monoisotopic (exact) mass is 305 g/mol. The van der Waals surface area contributed by atoms with E-state index in [0.29, 0.717) is 6.07 Å². The molecular weight excluding hydrogens is 293 g/mol. The summed E-state index contributed by atoms with van der Waals surface area (Å²) in [6, 6.07) is 2.37. The number of carboxylic acids is 1. The topological polar surface area (TPSA) is 115 Å². The van der Waals surface area contributed by atoms with Gasteiger partial charge in [0.2, 0.25) is 0 Å². The van der Waals surface area contributed by atoms with Crippen molar-refractivity contribution < 1.29 is 27.6 Å². The van der Waals surface area contributed by atoms with Crippen molar-refractivity contribution in [2.75, 3.05) is 0 Å². The highest BCUT2D eigenvalue weighted by Crippen LogP contribution is 2.24. The van der Waals surface area contributed by atoms with Crippen molar-refractivity contribution in [2.24, 2.45) is 0 Å².